The molecule has 2 N–H and O–H groups in total. The summed E-state index contributed by atoms with van der Waals surface area (Å²) in [4.78, 5) is 31.9. The number of hydrogen-bond donors (Lipinski definition) is 2. The molecule has 0 amide bonds. The molecule has 1 spiro atoms. The molecule has 8 heteroatoms. The summed E-state index contributed by atoms with van der Waals surface area (Å²) in [5.74, 6) is -0.327. The van der Waals surface area contributed by atoms with Crippen LogP contribution in [0.15, 0.2) is 47.3 Å². The van der Waals surface area contributed by atoms with E-state index in [1.165, 1.54) is 0 Å². The zero-order chi connectivity index (χ0) is 22.5. The Morgan fingerprint density at radius 3 is 2.69 bits per heavy atom. The second-order valence-corrected chi connectivity index (χ2v) is 8.90. The lowest BCUT2D eigenvalue weighted by Gasteiger charge is -2.37. The van der Waals surface area contributed by atoms with E-state index in [1.54, 1.807) is 41.9 Å². The van der Waals surface area contributed by atoms with Crippen molar-refractivity contribution >= 4 is 28.5 Å². The fourth-order valence-corrected chi connectivity index (χ4v) is 4.78. The number of carbonyl (C=O) groups is 1. The highest BCUT2D eigenvalue weighted by Gasteiger charge is 2.45. The second-order valence-electron chi connectivity index (χ2n) is 8.90. The number of nitrogens with one attached hydrogen (secondary N) is 1. The lowest BCUT2D eigenvalue weighted by molar-refractivity contribution is -0.0985. The van der Waals surface area contributed by atoms with Crippen molar-refractivity contribution < 1.29 is 14.6 Å². The van der Waals surface area contributed by atoms with Gasteiger partial charge in [-0.15, -0.1) is 0 Å². The summed E-state index contributed by atoms with van der Waals surface area (Å²) in [6.45, 7) is 5.15. The van der Waals surface area contributed by atoms with Gasteiger partial charge in [-0.3, -0.25) is 9.36 Å². The van der Waals surface area contributed by atoms with Gasteiger partial charge in [-0.1, -0.05) is 24.3 Å². The fourth-order valence-electron chi connectivity index (χ4n) is 4.78. The van der Waals surface area contributed by atoms with E-state index in [2.05, 4.69) is 10.2 Å². The summed E-state index contributed by atoms with van der Waals surface area (Å²) in [6.07, 6.45) is 1.03. The third-order valence-electron chi connectivity index (χ3n) is 6.65. The van der Waals surface area contributed by atoms with Crippen LogP contribution in [0.3, 0.4) is 0 Å². The number of hydrogen-bond acceptors (Lipinski definition) is 6. The van der Waals surface area contributed by atoms with Gasteiger partial charge in [0.25, 0.3) is 5.56 Å². The lowest BCUT2D eigenvalue weighted by Crippen LogP contribution is -2.45. The van der Waals surface area contributed by atoms with E-state index in [0.29, 0.717) is 22.5 Å². The van der Waals surface area contributed by atoms with E-state index in [0.717, 1.165) is 38.3 Å². The quantitative estimate of drug-likeness (QED) is 0.637. The first-order valence-corrected chi connectivity index (χ1v) is 10.8. The van der Waals surface area contributed by atoms with Gasteiger partial charge < -0.3 is 20.1 Å². The average molecular weight is 434 g/mol. The molecule has 0 radical (unpaired) electrons. The first-order chi connectivity index (χ1) is 15.4. The van der Waals surface area contributed by atoms with Crippen LogP contribution in [0.2, 0.25) is 0 Å². The van der Waals surface area contributed by atoms with Crippen LogP contribution < -0.4 is 15.8 Å². The van der Waals surface area contributed by atoms with Crippen molar-refractivity contribution in [1.82, 2.24) is 9.55 Å². The third kappa shape index (κ3) is 3.31. The molecule has 166 valence electrons. The smallest absolute Gasteiger partial charge is 0.337 e. The zero-order valence-corrected chi connectivity index (χ0v) is 18.2. The van der Waals surface area contributed by atoms with Crippen LogP contribution in [0, 0.1) is 5.41 Å². The number of carboxylic acids is 1. The summed E-state index contributed by atoms with van der Waals surface area (Å²) < 4.78 is 7.06. The van der Waals surface area contributed by atoms with Gasteiger partial charge in [0.15, 0.2) is 0 Å². The normalized spacial score (nSPS) is 18.0. The van der Waals surface area contributed by atoms with E-state index < -0.39 is 5.97 Å². The summed E-state index contributed by atoms with van der Waals surface area (Å²) >= 11 is 0. The van der Waals surface area contributed by atoms with E-state index in [1.807, 2.05) is 19.1 Å². The molecule has 2 fully saturated rings. The number of aromatic nitrogens is 2. The number of ether oxygens (including phenoxy) is 1. The highest BCUT2D eigenvalue weighted by molar-refractivity contribution is 5.94. The van der Waals surface area contributed by atoms with Crippen molar-refractivity contribution in [3.05, 3.63) is 63.9 Å². The third-order valence-corrected chi connectivity index (χ3v) is 6.65. The number of benzene rings is 2. The fraction of sp³-hybridized carbons (Fsp3) is 0.375. The minimum Gasteiger partial charge on any atom is -0.478 e. The standard InChI is InChI=1S/C24H26N4O4/c1-15(25-19-9-4-3-6-17(19)22(30)31)16-7-5-8-18-20(16)26-23(27(2)21(18)29)28-11-10-24(12-28)13-32-14-24/h3-9,15,25H,10-14H2,1-2H3,(H,30,31)/t15-/m0/s1. The van der Waals surface area contributed by atoms with Crippen LogP contribution in [0.4, 0.5) is 11.6 Å². The summed E-state index contributed by atoms with van der Waals surface area (Å²) in [5.41, 5.74) is 2.32. The number of nitrogens with zero attached hydrogens (tertiary/aromatic N) is 3. The molecule has 3 heterocycles. The number of fused-ring (bicyclic) bond motifs is 1. The Morgan fingerprint density at radius 1 is 1.22 bits per heavy atom. The number of carboxylic acid groups (broad SMARTS) is 1. The van der Waals surface area contributed by atoms with Crippen molar-refractivity contribution in [3.8, 4) is 0 Å². The van der Waals surface area contributed by atoms with E-state index >= 15 is 0 Å². The summed E-state index contributed by atoms with van der Waals surface area (Å²) in [5, 5.41) is 13.3. The van der Waals surface area contributed by atoms with Crippen LogP contribution in [0.1, 0.15) is 35.3 Å². The maximum atomic E-state index is 13.2. The van der Waals surface area contributed by atoms with Crippen molar-refractivity contribution in [1.29, 1.82) is 0 Å². The molecule has 32 heavy (non-hydrogen) atoms. The Morgan fingerprint density at radius 2 is 2.00 bits per heavy atom. The van der Waals surface area contributed by atoms with Crippen LogP contribution in [-0.2, 0) is 11.8 Å². The van der Waals surface area contributed by atoms with Gasteiger partial charge in [0.2, 0.25) is 5.95 Å². The molecule has 2 aliphatic heterocycles. The molecule has 2 saturated heterocycles. The number of para-hydroxylation sites is 2. The Labute approximate surface area is 185 Å². The van der Waals surface area contributed by atoms with Gasteiger partial charge >= 0.3 is 5.97 Å². The Balaban J connectivity index is 1.55. The first-order valence-electron chi connectivity index (χ1n) is 10.8. The van der Waals surface area contributed by atoms with Crippen molar-refractivity contribution in [2.45, 2.75) is 19.4 Å². The van der Waals surface area contributed by atoms with Crippen molar-refractivity contribution in [2.75, 3.05) is 36.5 Å². The summed E-state index contributed by atoms with van der Waals surface area (Å²) in [6, 6.07) is 12.1. The largest absolute Gasteiger partial charge is 0.478 e. The van der Waals surface area contributed by atoms with Gasteiger partial charge in [0.1, 0.15) is 0 Å². The maximum absolute atomic E-state index is 13.2. The predicted octanol–water partition coefficient (Wildman–Crippen LogP) is 3.03. The molecule has 2 aliphatic rings. The van der Waals surface area contributed by atoms with Gasteiger partial charge in [-0.2, -0.15) is 0 Å². The van der Waals surface area contributed by atoms with E-state index in [-0.39, 0.29) is 22.6 Å². The number of aromatic carboxylic acids is 1. The predicted molar refractivity (Wildman–Crippen MR) is 123 cm³/mol. The average Bonchev–Trinajstić information content (AvgIpc) is 3.22. The topological polar surface area (TPSA) is 96.7 Å². The molecular formula is C24H26N4O4. The Kier molecular flexibility index (Phi) is 4.89. The minimum absolute atomic E-state index is 0.0872. The SMILES string of the molecule is C[C@H](Nc1ccccc1C(=O)O)c1cccc2c(=O)n(C)c(N3CCC4(COC4)C3)nc12. The molecule has 0 unspecified atom stereocenters. The van der Waals surface area contributed by atoms with Crippen LogP contribution in [-0.4, -0.2) is 46.9 Å². The van der Waals surface area contributed by atoms with E-state index in [4.69, 9.17) is 9.72 Å². The van der Waals surface area contributed by atoms with Gasteiger partial charge in [-0.05, 0) is 31.5 Å². The molecule has 0 bridgehead atoms. The monoisotopic (exact) mass is 434 g/mol. The van der Waals surface area contributed by atoms with Crippen LogP contribution >= 0.6 is 0 Å². The van der Waals surface area contributed by atoms with Crippen LogP contribution in [0.5, 0.6) is 0 Å². The molecule has 8 nitrogen and oxygen atoms in total. The first kappa shape index (κ1) is 20.5. The highest BCUT2D eigenvalue weighted by atomic mass is 16.5. The molecule has 0 aliphatic carbocycles. The van der Waals surface area contributed by atoms with Gasteiger partial charge in [0, 0.05) is 36.8 Å². The minimum atomic E-state index is -0.990. The van der Waals surface area contributed by atoms with E-state index in [9.17, 15) is 14.7 Å². The van der Waals surface area contributed by atoms with Crippen molar-refractivity contribution in [3.63, 3.8) is 0 Å². The Bertz CT molecular complexity index is 1260. The zero-order valence-electron chi connectivity index (χ0n) is 18.2. The highest BCUT2D eigenvalue weighted by Crippen LogP contribution is 2.39. The van der Waals surface area contributed by atoms with Gasteiger partial charge in [-0.25, -0.2) is 9.78 Å². The molecule has 0 saturated carbocycles. The van der Waals surface area contributed by atoms with Gasteiger partial charge in [0.05, 0.1) is 35.7 Å². The molecule has 5 rings (SSSR count). The molecule has 1 atom stereocenters. The van der Waals surface area contributed by atoms with Crippen LogP contribution in [0.25, 0.3) is 10.9 Å². The molecule has 1 aromatic heterocycles. The molecule has 3 aromatic rings. The Hall–Kier alpha value is -3.39. The number of rotatable bonds is 5. The second kappa shape index (κ2) is 7.63. The lowest BCUT2D eigenvalue weighted by atomic mass is 9.85. The van der Waals surface area contributed by atoms with Crippen molar-refractivity contribution in [2.24, 2.45) is 12.5 Å². The maximum Gasteiger partial charge on any atom is 0.337 e. The molecular weight excluding hydrogens is 408 g/mol. The molecule has 2 aromatic carbocycles. The summed E-state index contributed by atoms with van der Waals surface area (Å²) in [7, 11) is 1.77. The number of anilines is 2.